The highest BCUT2D eigenvalue weighted by Gasteiger charge is 2.24. The molecule has 0 aromatic carbocycles. The maximum Gasteiger partial charge on any atom is 0.142 e. The molecule has 1 aliphatic rings. The van der Waals surface area contributed by atoms with Gasteiger partial charge in [0.1, 0.15) is 11.8 Å². The van der Waals surface area contributed by atoms with Crippen LogP contribution in [0.2, 0.25) is 0 Å². The minimum absolute atomic E-state index is 0.493. The molecule has 84 valence electrons. The molecular formula is C12H16N4. The third-order valence-corrected chi connectivity index (χ3v) is 3.01. The Morgan fingerprint density at radius 3 is 3.31 bits per heavy atom. The average Bonchev–Trinajstić information content (AvgIpc) is 2.78. The zero-order valence-electron chi connectivity index (χ0n) is 9.48. The lowest BCUT2D eigenvalue weighted by atomic mass is 10.2. The molecule has 1 unspecified atom stereocenters. The standard InChI is InChI=1S/C12H16N4/c1-14-9-12-3-2-6-16(12)11-4-5-15-10(7-11)8-13/h4-5,7,12,14H,2-3,6,9H2,1H3. The van der Waals surface area contributed by atoms with Gasteiger partial charge in [-0.2, -0.15) is 5.26 Å². The van der Waals surface area contributed by atoms with Gasteiger partial charge in [0.25, 0.3) is 0 Å². The third kappa shape index (κ3) is 2.15. The van der Waals surface area contributed by atoms with Crippen molar-refractivity contribution in [2.45, 2.75) is 18.9 Å². The van der Waals surface area contributed by atoms with Crippen LogP contribution in [0.1, 0.15) is 18.5 Å². The molecule has 0 spiro atoms. The molecule has 0 aliphatic carbocycles. The second kappa shape index (κ2) is 4.95. The fourth-order valence-corrected chi connectivity index (χ4v) is 2.28. The molecule has 0 amide bonds. The second-order valence-electron chi connectivity index (χ2n) is 4.06. The van der Waals surface area contributed by atoms with Crippen molar-refractivity contribution in [2.75, 3.05) is 25.0 Å². The molecule has 1 fully saturated rings. The molecular weight excluding hydrogens is 200 g/mol. The lowest BCUT2D eigenvalue weighted by Crippen LogP contribution is -2.36. The van der Waals surface area contributed by atoms with Crippen LogP contribution < -0.4 is 10.2 Å². The SMILES string of the molecule is CNCC1CCCN1c1ccnc(C#N)c1. The molecule has 1 saturated heterocycles. The van der Waals surface area contributed by atoms with Crippen molar-refractivity contribution in [3.63, 3.8) is 0 Å². The van der Waals surface area contributed by atoms with Crippen LogP contribution in [-0.4, -0.2) is 31.2 Å². The molecule has 0 bridgehead atoms. The first-order valence-electron chi connectivity index (χ1n) is 5.62. The van der Waals surface area contributed by atoms with E-state index in [2.05, 4.69) is 21.3 Å². The summed E-state index contributed by atoms with van der Waals surface area (Å²) in [5.74, 6) is 0. The van der Waals surface area contributed by atoms with Gasteiger partial charge in [0.15, 0.2) is 0 Å². The number of nitrogens with zero attached hydrogens (tertiary/aromatic N) is 3. The molecule has 0 saturated carbocycles. The number of hydrogen-bond acceptors (Lipinski definition) is 4. The lowest BCUT2D eigenvalue weighted by molar-refractivity contribution is 0.615. The van der Waals surface area contributed by atoms with E-state index in [0.717, 1.165) is 18.8 Å². The molecule has 1 aliphatic heterocycles. The normalized spacial score (nSPS) is 19.8. The Kier molecular flexibility index (Phi) is 3.37. The minimum Gasteiger partial charge on any atom is -0.367 e. The van der Waals surface area contributed by atoms with E-state index in [9.17, 15) is 0 Å². The van der Waals surface area contributed by atoms with Gasteiger partial charge in [0.05, 0.1) is 0 Å². The third-order valence-electron chi connectivity index (χ3n) is 3.01. The van der Waals surface area contributed by atoms with Gasteiger partial charge in [0, 0.05) is 31.0 Å². The van der Waals surface area contributed by atoms with Gasteiger partial charge < -0.3 is 10.2 Å². The fourth-order valence-electron chi connectivity index (χ4n) is 2.28. The van der Waals surface area contributed by atoms with Crippen molar-refractivity contribution in [3.8, 4) is 6.07 Å². The Hall–Kier alpha value is -1.60. The molecule has 4 heteroatoms. The number of likely N-dealkylation sites (N-methyl/N-ethyl adjacent to an activating group) is 1. The average molecular weight is 216 g/mol. The van der Waals surface area contributed by atoms with Crippen molar-refractivity contribution in [2.24, 2.45) is 0 Å². The molecule has 1 aromatic heterocycles. The van der Waals surface area contributed by atoms with Crippen LogP contribution in [0, 0.1) is 11.3 Å². The summed E-state index contributed by atoms with van der Waals surface area (Å²) >= 11 is 0. The van der Waals surface area contributed by atoms with Crippen molar-refractivity contribution < 1.29 is 0 Å². The predicted molar refractivity (Wildman–Crippen MR) is 63.2 cm³/mol. The van der Waals surface area contributed by atoms with Gasteiger partial charge in [-0.15, -0.1) is 0 Å². The Morgan fingerprint density at radius 1 is 1.69 bits per heavy atom. The maximum absolute atomic E-state index is 8.83. The number of nitrogens with one attached hydrogen (secondary N) is 1. The molecule has 4 nitrogen and oxygen atoms in total. The Labute approximate surface area is 95.9 Å². The molecule has 16 heavy (non-hydrogen) atoms. The van der Waals surface area contributed by atoms with Crippen molar-refractivity contribution in [3.05, 3.63) is 24.0 Å². The van der Waals surface area contributed by atoms with Gasteiger partial charge in [-0.1, -0.05) is 0 Å². The topological polar surface area (TPSA) is 52.0 Å². The minimum atomic E-state index is 0.493. The molecule has 2 heterocycles. The highest BCUT2D eigenvalue weighted by atomic mass is 15.2. The van der Waals surface area contributed by atoms with E-state index in [4.69, 9.17) is 5.26 Å². The summed E-state index contributed by atoms with van der Waals surface area (Å²) in [5.41, 5.74) is 1.61. The van der Waals surface area contributed by atoms with E-state index >= 15 is 0 Å². The maximum atomic E-state index is 8.83. The van der Waals surface area contributed by atoms with Gasteiger partial charge in [0.2, 0.25) is 0 Å². The highest BCUT2D eigenvalue weighted by molar-refractivity contribution is 5.50. The summed E-state index contributed by atoms with van der Waals surface area (Å²) in [7, 11) is 1.98. The van der Waals surface area contributed by atoms with E-state index in [-0.39, 0.29) is 0 Å². The summed E-state index contributed by atoms with van der Waals surface area (Å²) < 4.78 is 0. The lowest BCUT2D eigenvalue weighted by Gasteiger charge is -2.26. The van der Waals surface area contributed by atoms with Crippen LogP contribution >= 0.6 is 0 Å². The van der Waals surface area contributed by atoms with Gasteiger partial charge in [-0.3, -0.25) is 0 Å². The van der Waals surface area contributed by atoms with Crippen molar-refractivity contribution in [1.82, 2.24) is 10.3 Å². The Morgan fingerprint density at radius 2 is 2.56 bits per heavy atom. The molecule has 0 radical (unpaired) electrons. The van der Waals surface area contributed by atoms with Gasteiger partial charge >= 0.3 is 0 Å². The van der Waals surface area contributed by atoms with E-state index in [1.807, 2.05) is 19.2 Å². The van der Waals surface area contributed by atoms with Crippen LogP contribution in [0.15, 0.2) is 18.3 Å². The Bertz CT molecular complexity index is 396. The molecule has 1 atom stereocenters. The van der Waals surface area contributed by atoms with E-state index in [0.29, 0.717) is 11.7 Å². The Balaban J connectivity index is 2.19. The summed E-state index contributed by atoms with van der Waals surface area (Å²) in [4.78, 5) is 6.36. The highest BCUT2D eigenvalue weighted by Crippen LogP contribution is 2.25. The van der Waals surface area contributed by atoms with E-state index in [1.165, 1.54) is 12.8 Å². The molecule has 2 rings (SSSR count). The summed E-state index contributed by atoms with van der Waals surface area (Å²) in [6.07, 6.45) is 4.14. The quantitative estimate of drug-likeness (QED) is 0.823. The van der Waals surface area contributed by atoms with Crippen LogP contribution in [-0.2, 0) is 0 Å². The first-order chi connectivity index (χ1) is 7.85. The smallest absolute Gasteiger partial charge is 0.142 e. The van der Waals surface area contributed by atoms with Gasteiger partial charge in [-0.25, -0.2) is 4.98 Å². The fraction of sp³-hybridized carbons (Fsp3) is 0.500. The summed E-state index contributed by atoms with van der Waals surface area (Å²) in [6.45, 7) is 2.06. The first-order valence-corrected chi connectivity index (χ1v) is 5.62. The van der Waals surface area contributed by atoms with Crippen LogP contribution in [0.4, 0.5) is 5.69 Å². The monoisotopic (exact) mass is 216 g/mol. The number of rotatable bonds is 3. The van der Waals surface area contributed by atoms with Crippen molar-refractivity contribution in [1.29, 1.82) is 5.26 Å². The number of pyridine rings is 1. The van der Waals surface area contributed by atoms with E-state index < -0.39 is 0 Å². The summed E-state index contributed by atoms with van der Waals surface area (Å²) in [6, 6.07) is 6.47. The predicted octanol–water partition coefficient (Wildman–Crippen LogP) is 1.14. The zero-order chi connectivity index (χ0) is 11.4. The number of hydrogen-bond donors (Lipinski definition) is 1. The number of aromatic nitrogens is 1. The van der Waals surface area contributed by atoms with Crippen LogP contribution in [0.3, 0.4) is 0 Å². The largest absolute Gasteiger partial charge is 0.367 e. The number of nitriles is 1. The summed E-state index contributed by atoms with van der Waals surface area (Å²) in [5, 5.41) is 12.0. The van der Waals surface area contributed by atoms with Crippen molar-refractivity contribution >= 4 is 5.69 Å². The zero-order valence-corrected chi connectivity index (χ0v) is 9.48. The van der Waals surface area contributed by atoms with Gasteiger partial charge in [-0.05, 0) is 32.0 Å². The number of anilines is 1. The molecule has 1 aromatic rings. The van der Waals surface area contributed by atoms with Crippen LogP contribution in [0.25, 0.3) is 0 Å². The van der Waals surface area contributed by atoms with E-state index in [1.54, 1.807) is 6.20 Å². The first kappa shape index (κ1) is 10.9. The molecule has 1 N–H and O–H groups in total. The van der Waals surface area contributed by atoms with Crippen LogP contribution in [0.5, 0.6) is 0 Å². The second-order valence-corrected chi connectivity index (χ2v) is 4.06.